The summed E-state index contributed by atoms with van der Waals surface area (Å²) in [6, 6.07) is 10.7. The number of amides is 2. The van der Waals surface area contributed by atoms with Crippen molar-refractivity contribution in [2.75, 3.05) is 25.5 Å². The Morgan fingerprint density at radius 1 is 1.21 bits per heavy atom. The standard InChI is InChI=1S/C20H21N5O3/c1-13(26)24-9-8-14(11-24)19-23-22-18-7-6-15(12-25(18)19)20(27)21-16-4-3-5-17(10-16)28-2/h3-7,10,12,14H,8-9,11H2,1-2H3,(H,21,27). The number of methoxy groups -OCH3 is 1. The molecular weight excluding hydrogens is 358 g/mol. The molecule has 2 amide bonds. The first-order valence-electron chi connectivity index (χ1n) is 9.11. The molecule has 3 aromatic rings. The van der Waals surface area contributed by atoms with Crippen LogP contribution in [0, 0.1) is 0 Å². The van der Waals surface area contributed by atoms with E-state index in [0.29, 0.717) is 35.7 Å². The normalized spacial score (nSPS) is 16.4. The summed E-state index contributed by atoms with van der Waals surface area (Å²) < 4.78 is 7.03. The Hall–Kier alpha value is -3.42. The number of nitrogens with one attached hydrogen (secondary N) is 1. The van der Waals surface area contributed by atoms with Gasteiger partial charge < -0.3 is 15.0 Å². The number of pyridine rings is 1. The molecule has 1 fully saturated rings. The Labute approximate surface area is 162 Å². The molecule has 1 aliphatic rings. The van der Waals surface area contributed by atoms with Gasteiger partial charge in [0.15, 0.2) is 5.65 Å². The maximum absolute atomic E-state index is 12.7. The number of rotatable bonds is 4. The van der Waals surface area contributed by atoms with Crippen molar-refractivity contribution in [2.24, 2.45) is 0 Å². The monoisotopic (exact) mass is 379 g/mol. The second-order valence-electron chi connectivity index (χ2n) is 6.84. The van der Waals surface area contributed by atoms with Crippen molar-refractivity contribution in [1.82, 2.24) is 19.5 Å². The highest BCUT2D eigenvalue weighted by Crippen LogP contribution is 2.26. The third kappa shape index (κ3) is 3.40. The number of carbonyl (C=O) groups excluding carboxylic acids is 2. The van der Waals surface area contributed by atoms with E-state index in [1.54, 1.807) is 44.5 Å². The quantitative estimate of drug-likeness (QED) is 0.752. The van der Waals surface area contributed by atoms with Crippen molar-refractivity contribution in [1.29, 1.82) is 0 Å². The Bertz CT molecular complexity index is 1050. The van der Waals surface area contributed by atoms with Crippen molar-refractivity contribution >= 4 is 23.1 Å². The van der Waals surface area contributed by atoms with Gasteiger partial charge in [-0.2, -0.15) is 0 Å². The minimum absolute atomic E-state index is 0.0645. The summed E-state index contributed by atoms with van der Waals surface area (Å²) in [4.78, 5) is 26.1. The van der Waals surface area contributed by atoms with Gasteiger partial charge >= 0.3 is 0 Å². The number of anilines is 1. The molecule has 0 bridgehead atoms. The second-order valence-corrected chi connectivity index (χ2v) is 6.84. The lowest BCUT2D eigenvalue weighted by molar-refractivity contribution is -0.127. The predicted octanol–water partition coefficient (Wildman–Crippen LogP) is 2.33. The Morgan fingerprint density at radius 2 is 2.07 bits per heavy atom. The Kier molecular flexibility index (Phi) is 4.68. The molecule has 0 saturated carbocycles. The van der Waals surface area contributed by atoms with Crippen molar-refractivity contribution in [3.05, 3.63) is 54.0 Å². The van der Waals surface area contributed by atoms with Gasteiger partial charge in [0.1, 0.15) is 11.6 Å². The minimum atomic E-state index is -0.230. The molecule has 8 nitrogen and oxygen atoms in total. The van der Waals surface area contributed by atoms with Gasteiger partial charge in [0, 0.05) is 43.9 Å². The van der Waals surface area contributed by atoms with Crippen molar-refractivity contribution < 1.29 is 14.3 Å². The minimum Gasteiger partial charge on any atom is -0.497 e. The summed E-state index contributed by atoms with van der Waals surface area (Å²) in [5.74, 6) is 1.39. The van der Waals surface area contributed by atoms with Crippen LogP contribution in [0.15, 0.2) is 42.6 Å². The summed E-state index contributed by atoms with van der Waals surface area (Å²) in [5, 5.41) is 11.4. The maximum Gasteiger partial charge on any atom is 0.257 e. The Balaban J connectivity index is 1.58. The lowest BCUT2D eigenvalue weighted by Crippen LogP contribution is -2.25. The van der Waals surface area contributed by atoms with Crippen LogP contribution < -0.4 is 10.1 Å². The molecule has 28 heavy (non-hydrogen) atoms. The van der Waals surface area contributed by atoms with E-state index in [1.807, 2.05) is 21.4 Å². The van der Waals surface area contributed by atoms with Crippen LogP contribution in [0.1, 0.15) is 35.4 Å². The van der Waals surface area contributed by atoms with Crippen LogP contribution in [0.3, 0.4) is 0 Å². The fraction of sp³-hybridized carbons (Fsp3) is 0.300. The lowest BCUT2D eigenvalue weighted by atomic mass is 10.1. The molecule has 0 aliphatic carbocycles. The number of hydrogen-bond acceptors (Lipinski definition) is 5. The van der Waals surface area contributed by atoms with E-state index in [1.165, 1.54) is 0 Å². The van der Waals surface area contributed by atoms with Gasteiger partial charge in [0.2, 0.25) is 5.91 Å². The van der Waals surface area contributed by atoms with Gasteiger partial charge in [-0.25, -0.2) is 0 Å². The fourth-order valence-corrected chi connectivity index (χ4v) is 3.48. The molecule has 1 aromatic carbocycles. The predicted molar refractivity (Wildman–Crippen MR) is 104 cm³/mol. The number of hydrogen-bond donors (Lipinski definition) is 1. The first-order chi connectivity index (χ1) is 13.5. The SMILES string of the molecule is COc1cccc(NC(=O)c2ccc3nnc(C4CCN(C(C)=O)C4)n3c2)c1. The highest BCUT2D eigenvalue weighted by Gasteiger charge is 2.29. The van der Waals surface area contributed by atoms with Gasteiger partial charge in [-0.1, -0.05) is 6.07 Å². The first-order valence-corrected chi connectivity index (χ1v) is 9.11. The summed E-state index contributed by atoms with van der Waals surface area (Å²) in [6.07, 6.45) is 2.58. The average molecular weight is 379 g/mol. The zero-order chi connectivity index (χ0) is 19.7. The number of fused-ring (bicyclic) bond motifs is 1. The number of likely N-dealkylation sites (tertiary alicyclic amines) is 1. The zero-order valence-electron chi connectivity index (χ0n) is 15.8. The third-order valence-corrected chi connectivity index (χ3v) is 5.02. The fourth-order valence-electron chi connectivity index (χ4n) is 3.48. The molecule has 1 unspecified atom stereocenters. The van der Waals surface area contributed by atoms with E-state index in [2.05, 4.69) is 15.5 Å². The molecule has 0 radical (unpaired) electrons. The number of benzene rings is 1. The molecule has 0 spiro atoms. The van der Waals surface area contributed by atoms with Gasteiger partial charge in [0.25, 0.3) is 5.91 Å². The van der Waals surface area contributed by atoms with Crippen molar-refractivity contribution in [3.63, 3.8) is 0 Å². The van der Waals surface area contributed by atoms with Crippen LogP contribution >= 0.6 is 0 Å². The van der Waals surface area contributed by atoms with Gasteiger partial charge in [-0.05, 0) is 30.7 Å². The van der Waals surface area contributed by atoms with E-state index in [9.17, 15) is 9.59 Å². The third-order valence-electron chi connectivity index (χ3n) is 5.02. The van der Waals surface area contributed by atoms with Crippen LogP contribution in [-0.4, -0.2) is 51.5 Å². The highest BCUT2D eigenvalue weighted by molar-refractivity contribution is 6.04. The topological polar surface area (TPSA) is 88.8 Å². The largest absolute Gasteiger partial charge is 0.497 e. The van der Waals surface area contributed by atoms with E-state index in [-0.39, 0.29) is 17.7 Å². The number of carbonyl (C=O) groups is 2. The summed E-state index contributed by atoms with van der Waals surface area (Å²) in [7, 11) is 1.58. The van der Waals surface area contributed by atoms with Crippen molar-refractivity contribution in [3.8, 4) is 5.75 Å². The van der Waals surface area contributed by atoms with E-state index in [0.717, 1.165) is 12.2 Å². The summed E-state index contributed by atoms with van der Waals surface area (Å²) in [6.45, 7) is 2.91. The number of ether oxygens (including phenoxy) is 1. The molecule has 8 heteroatoms. The lowest BCUT2D eigenvalue weighted by Gasteiger charge is -2.13. The molecule has 1 N–H and O–H groups in total. The number of nitrogens with zero attached hydrogens (tertiary/aromatic N) is 4. The smallest absolute Gasteiger partial charge is 0.257 e. The van der Waals surface area contributed by atoms with Crippen LogP contribution in [0.4, 0.5) is 5.69 Å². The molecule has 1 saturated heterocycles. The summed E-state index contributed by atoms with van der Waals surface area (Å²) >= 11 is 0. The van der Waals surface area contributed by atoms with Gasteiger partial charge in [-0.3, -0.25) is 14.0 Å². The van der Waals surface area contributed by atoms with E-state index in [4.69, 9.17) is 4.74 Å². The van der Waals surface area contributed by atoms with Crippen LogP contribution in [0.2, 0.25) is 0 Å². The number of aromatic nitrogens is 3. The molecule has 1 atom stereocenters. The van der Waals surface area contributed by atoms with E-state index >= 15 is 0 Å². The van der Waals surface area contributed by atoms with Crippen LogP contribution in [0.5, 0.6) is 5.75 Å². The molecule has 2 aromatic heterocycles. The van der Waals surface area contributed by atoms with E-state index < -0.39 is 0 Å². The first kappa shape index (κ1) is 18.0. The molecular formula is C20H21N5O3. The average Bonchev–Trinajstić information content (AvgIpc) is 3.34. The van der Waals surface area contributed by atoms with Gasteiger partial charge in [0.05, 0.1) is 12.7 Å². The summed E-state index contributed by atoms with van der Waals surface area (Å²) in [5.41, 5.74) is 1.83. The molecule has 144 valence electrons. The molecule has 1 aliphatic heterocycles. The second kappa shape index (κ2) is 7.30. The van der Waals surface area contributed by atoms with Crippen LogP contribution in [0.25, 0.3) is 5.65 Å². The molecule has 3 heterocycles. The maximum atomic E-state index is 12.7. The Morgan fingerprint density at radius 3 is 2.82 bits per heavy atom. The molecule has 4 rings (SSSR count). The van der Waals surface area contributed by atoms with Crippen LogP contribution in [-0.2, 0) is 4.79 Å². The van der Waals surface area contributed by atoms with Crippen molar-refractivity contribution in [2.45, 2.75) is 19.3 Å². The van der Waals surface area contributed by atoms with Gasteiger partial charge in [-0.15, -0.1) is 10.2 Å². The highest BCUT2D eigenvalue weighted by atomic mass is 16.5. The zero-order valence-corrected chi connectivity index (χ0v) is 15.8.